The molecule has 3 fully saturated rings. The average Bonchev–Trinajstić information content (AvgIpc) is 3.63. The predicted octanol–water partition coefficient (Wildman–Crippen LogP) is 6.35. The van der Waals surface area contributed by atoms with Crippen molar-refractivity contribution in [3.8, 4) is 35.0 Å². The Morgan fingerprint density at radius 1 is 1.22 bits per heavy atom. The van der Waals surface area contributed by atoms with E-state index in [0.29, 0.717) is 31.6 Å². The quantitative estimate of drug-likeness (QED) is 0.265. The Kier molecular flexibility index (Phi) is 6.53. The highest BCUT2D eigenvalue weighted by molar-refractivity contribution is 7.23. The summed E-state index contributed by atoms with van der Waals surface area (Å²) in [5, 5.41) is 19.8. The molecule has 3 aliphatic heterocycles. The van der Waals surface area contributed by atoms with Crippen LogP contribution in [0.2, 0.25) is 5.02 Å². The number of hydrogen-bond donors (Lipinski definition) is 1. The molecule has 2 N–H and O–H groups in total. The summed E-state index contributed by atoms with van der Waals surface area (Å²) in [4.78, 5) is 13.3. The molecule has 2 saturated heterocycles. The molecular formula is C32H27ClF3N7O2S. The molecule has 2 aromatic carbocycles. The highest BCUT2D eigenvalue weighted by Gasteiger charge is 2.52. The predicted molar refractivity (Wildman–Crippen MR) is 168 cm³/mol. The standard InChI is InChI=1S/C32H27ClF3N7O2S/c1-42-29-22-25(40-30(41-29)45-13-31-5-2-6-43(31)12-16(34)9-31)24(36)21(23(33)26(22)44-14-32(42)7-15(8-32)10-37)17-3-4-19(35)27-20(17)18(11-38)28(39)46-27/h3-4,15-16H,2,5-9,12-14,39H2,1H3/t15?,16-,31+,32?/m1/s1. The van der Waals surface area contributed by atoms with Gasteiger partial charge in [-0.1, -0.05) is 17.7 Å². The van der Waals surface area contributed by atoms with Crippen molar-refractivity contribution in [1.29, 1.82) is 10.5 Å². The lowest BCUT2D eigenvalue weighted by Crippen LogP contribution is -2.59. The zero-order valence-electron chi connectivity index (χ0n) is 24.7. The number of halogens is 4. The Hall–Kier alpha value is -4.04. The van der Waals surface area contributed by atoms with Crippen molar-refractivity contribution in [2.45, 2.75) is 49.4 Å². The molecule has 236 valence electrons. The van der Waals surface area contributed by atoms with E-state index in [1.807, 2.05) is 18.0 Å². The van der Waals surface area contributed by atoms with Crippen LogP contribution >= 0.6 is 22.9 Å². The second-order valence-electron chi connectivity index (χ2n) is 12.8. The van der Waals surface area contributed by atoms with Crippen LogP contribution in [0.5, 0.6) is 11.8 Å². The zero-order chi connectivity index (χ0) is 32.1. The lowest BCUT2D eigenvalue weighted by Gasteiger charge is -2.50. The van der Waals surface area contributed by atoms with Gasteiger partial charge in [0.2, 0.25) is 0 Å². The summed E-state index contributed by atoms with van der Waals surface area (Å²) in [6.07, 6.45) is 2.07. The van der Waals surface area contributed by atoms with Crippen LogP contribution in [0, 0.1) is 40.2 Å². The van der Waals surface area contributed by atoms with Gasteiger partial charge in [0.15, 0.2) is 11.6 Å². The second-order valence-corrected chi connectivity index (χ2v) is 14.2. The summed E-state index contributed by atoms with van der Waals surface area (Å²) >= 11 is 7.90. The minimum Gasteiger partial charge on any atom is -0.489 e. The summed E-state index contributed by atoms with van der Waals surface area (Å²) in [5.74, 6) is -1.16. The fourth-order valence-corrected chi connectivity index (χ4v) is 9.22. The number of nitriles is 2. The van der Waals surface area contributed by atoms with Gasteiger partial charge < -0.3 is 20.1 Å². The first-order valence-electron chi connectivity index (χ1n) is 15.0. The first-order valence-corrected chi connectivity index (χ1v) is 16.2. The minimum atomic E-state index is -0.956. The van der Waals surface area contributed by atoms with Crippen LogP contribution < -0.4 is 20.1 Å². The number of alkyl halides is 1. The van der Waals surface area contributed by atoms with Crippen LogP contribution in [0.1, 0.15) is 37.7 Å². The van der Waals surface area contributed by atoms with Gasteiger partial charge in [-0.25, -0.2) is 13.2 Å². The van der Waals surface area contributed by atoms with Crippen LogP contribution in [0.3, 0.4) is 0 Å². The van der Waals surface area contributed by atoms with E-state index in [1.54, 1.807) is 0 Å². The minimum absolute atomic E-state index is 0.0167. The van der Waals surface area contributed by atoms with Crippen LogP contribution in [0.15, 0.2) is 12.1 Å². The molecule has 9 nitrogen and oxygen atoms in total. The third-order valence-corrected chi connectivity index (χ3v) is 11.7. The van der Waals surface area contributed by atoms with Crippen LogP contribution in [-0.4, -0.2) is 65.5 Å². The molecule has 1 spiro atoms. The average molecular weight is 666 g/mol. The summed E-state index contributed by atoms with van der Waals surface area (Å²) in [6.45, 7) is 1.39. The number of nitrogens with two attached hydrogens (primary N) is 1. The summed E-state index contributed by atoms with van der Waals surface area (Å²) in [7, 11) is 1.82. The number of ether oxygens (including phenoxy) is 2. The number of anilines is 2. The Labute approximate surface area is 270 Å². The molecule has 0 radical (unpaired) electrons. The van der Waals surface area contributed by atoms with Gasteiger partial charge in [0, 0.05) is 31.0 Å². The molecule has 0 unspecified atom stereocenters. The molecule has 5 heterocycles. The van der Waals surface area contributed by atoms with Crippen molar-refractivity contribution in [2.75, 3.05) is 44.0 Å². The fourth-order valence-electron chi connectivity index (χ4n) is 7.94. The number of rotatable bonds is 4. The van der Waals surface area contributed by atoms with E-state index in [1.165, 1.54) is 12.1 Å². The number of hydrogen-bond acceptors (Lipinski definition) is 10. The summed E-state index contributed by atoms with van der Waals surface area (Å²) < 4.78 is 59.1. The largest absolute Gasteiger partial charge is 0.489 e. The molecule has 14 heteroatoms. The maximum absolute atomic E-state index is 17.0. The third kappa shape index (κ3) is 4.01. The number of nitrogens with zero attached hydrogens (tertiary/aromatic N) is 6. The van der Waals surface area contributed by atoms with Gasteiger partial charge >= 0.3 is 6.01 Å². The second kappa shape index (κ2) is 10.2. The molecular weight excluding hydrogens is 639 g/mol. The first-order chi connectivity index (χ1) is 22.1. The van der Waals surface area contributed by atoms with Crippen molar-refractivity contribution in [3.05, 3.63) is 34.4 Å². The van der Waals surface area contributed by atoms with Crippen LogP contribution in [-0.2, 0) is 0 Å². The summed E-state index contributed by atoms with van der Waals surface area (Å²) in [5.41, 5.74) is 4.88. The van der Waals surface area contributed by atoms with Gasteiger partial charge in [-0.2, -0.15) is 20.5 Å². The van der Waals surface area contributed by atoms with E-state index in [9.17, 15) is 19.3 Å². The molecule has 8 rings (SSSR count). The molecule has 2 aromatic heterocycles. The zero-order valence-corrected chi connectivity index (χ0v) is 26.2. The van der Waals surface area contributed by atoms with Gasteiger partial charge in [-0.05, 0) is 43.9 Å². The van der Waals surface area contributed by atoms with E-state index in [-0.39, 0.29) is 78.6 Å². The first kappa shape index (κ1) is 29.4. The number of fused-ring (bicyclic) bond motifs is 2. The normalized spacial score (nSPS) is 26.9. The molecule has 0 amide bonds. The van der Waals surface area contributed by atoms with Crippen molar-refractivity contribution < 1.29 is 22.6 Å². The molecule has 0 bridgehead atoms. The van der Waals surface area contributed by atoms with Gasteiger partial charge in [-0.15, -0.1) is 11.3 Å². The fraction of sp³-hybridized carbons (Fsp3) is 0.438. The van der Waals surface area contributed by atoms with E-state index in [0.717, 1.165) is 30.7 Å². The van der Waals surface area contributed by atoms with E-state index in [4.69, 9.17) is 31.8 Å². The van der Waals surface area contributed by atoms with Gasteiger partial charge in [-0.3, -0.25) is 4.90 Å². The molecule has 46 heavy (non-hydrogen) atoms. The number of likely N-dealkylation sites (N-methyl/N-ethyl adjacent to an activating group) is 1. The molecule has 4 aliphatic rings. The monoisotopic (exact) mass is 665 g/mol. The van der Waals surface area contributed by atoms with Crippen LogP contribution in [0.25, 0.3) is 32.1 Å². The lowest BCUT2D eigenvalue weighted by molar-refractivity contribution is 0.105. The number of thiophene rings is 1. The van der Waals surface area contributed by atoms with E-state index >= 15 is 4.39 Å². The number of nitrogen functional groups attached to an aromatic ring is 1. The maximum Gasteiger partial charge on any atom is 0.319 e. The Bertz CT molecular complexity index is 2060. The van der Waals surface area contributed by atoms with E-state index in [2.05, 4.69) is 16.0 Å². The van der Waals surface area contributed by atoms with Crippen molar-refractivity contribution in [2.24, 2.45) is 5.92 Å². The highest BCUT2D eigenvalue weighted by Crippen LogP contribution is 2.54. The smallest absolute Gasteiger partial charge is 0.319 e. The summed E-state index contributed by atoms with van der Waals surface area (Å²) in [6, 6.07) is 6.77. The van der Waals surface area contributed by atoms with Crippen molar-refractivity contribution in [3.63, 3.8) is 0 Å². The van der Waals surface area contributed by atoms with Crippen molar-refractivity contribution >= 4 is 54.7 Å². The molecule has 4 aromatic rings. The van der Waals surface area contributed by atoms with Gasteiger partial charge in [0.1, 0.15) is 47.6 Å². The molecule has 1 saturated carbocycles. The Morgan fingerprint density at radius 2 is 2.02 bits per heavy atom. The third-order valence-electron chi connectivity index (χ3n) is 10.3. The van der Waals surface area contributed by atoms with Gasteiger partial charge in [0.05, 0.1) is 43.7 Å². The topological polar surface area (TPSA) is 124 Å². The number of benzene rings is 2. The highest BCUT2D eigenvalue weighted by atomic mass is 35.5. The maximum atomic E-state index is 17.0. The molecule has 1 aliphatic carbocycles. The number of aromatic nitrogens is 2. The Morgan fingerprint density at radius 3 is 2.78 bits per heavy atom. The van der Waals surface area contributed by atoms with Crippen LogP contribution in [0.4, 0.5) is 24.0 Å². The van der Waals surface area contributed by atoms with Crippen molar-refractivity contribution in [1.82, 2.24) is 14.9 Å². The SMILES string of the molecule is CN1c2nc(OC[C@@]34CCCN3C[C@H](F)C4)nc3c(F)c(-c4ccc(F)c5sc(N)c(C#N)c45)c(Cl)c(c23)OCC12CC(C#N)C2. The Balaban J connectivity index is 1.34. The van der Waals surface area contributed by atoms with E-state index < -0.39 is 28.9 Å². The van der Waals surface area contributed by atoms with Gasteiger partial charge in [0.25, 0.3) is 0 Å². The lowest BCUT2D eigenvalue weighted by atomic mass is 9.68. The molecule has 2 atom stereocenters.